The molecule has 138 valence electrons. The van der Waals surface area contributed by atoms with Gasteiger partial charge in [-0.3, -0.25) is 0 Å². The fourth-order valence-electron chi connectivity index (χ4n) is 3.48. The van der Waals surface area contributed by atoms with Crippen LogP contribution in [0.5, 0.6) is 0 Å². The van der Waals surface area contributed by atoms with Gasteiger partial charge in [0.1, 0.15) is 6.04 Å². The van der Waals surface area contributed by atoms with Gasteiger partial charge in [-0.25, -0.2) is 4.79 Å². The first-order valence-corrected chi connectivity index (χ1v) is 9.64. The highest BCUT2D eigenvalue weighted by Gasteiger charge is 2.34. The van der Waals surface area contributed by atoms with Crippen molar-refractivity contribution in [1.29, 1.82) is 0 Å². The van der Waals surface area contributed by atoms with Crippen LogP contribution in [0.1, 0.15) is 73.3 Å². The zero-order chi connectivity index (χ0) is 17.9. The average Bonchev–Trinajstić information content (AvgIpc) is 3.44. The zero-order valence-corrected chi connectivity index (χ0v) is 15.3. The molecule has 2 aliphatic rings. The molecular weight excluding hydrogens is 328 g/mol. The Hall–Kier alpha value is -2.37. The number of rotatable bonds is 4. The molecule has 1 aliphatic heterocycles. The number of carbonyl (C=O) groups excluding carboxylic acids is 1. The molecule has 2 fully saturated rings. The van der Waals surface area contributed by atoms with E-state index in [1.807, 2.05) is 4.90 Å². The highest BCUT2D eigenvalue weighted by atomic mass is 16.5. The van der Waals surface area contributed by atoms with Crippen LogP contribution in [0.4, 0.5) is 4.79 Å². The molecule has 1 atom stereocenters. The maximum absolute atomic E-state index is 12.9. The highest BCUT2D eigenvalue weighted by Crippen LogP contribution is 2.39. The lowest BCUT2D eigenvalue weighted by Gasteiger charge is -2.27. The van der Waals surface area contributed by atoms with Gasteiger partial charge in [0.2, 0.25) is 5.89 Å². The number of nitrogens with zero attached hydrogens (tertiary/aromatic N) is 3. The van der Waals surface area contributed by atoms with Gasteiger partial charge in [0.25, 0.3) is 0 Å². The number of amides is 2. The third-order valence-electron chi connectivity index (χ3n) is 5.26. The molecule has 6 heteroatoms. The third-order valence-corrected chi connectivity index (χ3v) is 5.26. The normalized spacial score (nSPS) is 20.7. The van der Waals surface area contributed by atoms with Crippen LogP contribution in [-0.4, -0.2) is 27.6 Å². The summed E-state index contributed by atoms with van der Waals surface area (Å²) in [6.45, 7) is 3.31. The zero-order valence-electron chi connectivity index (χ0n) is 15.3. The number of likely N-dealkylation sites (tertiary alicyclic amines) is 1. The van der Waals surface area contributed by atoms with Crippen LogP contribution in [0.25, 0.3) is 0 Å². The maximum atomic E-state index is 12.9. The van der Waals surface area contributed by atoms with E-state index in [-0.39, 0.29) is 12.1 Å². The van der Waals surface area contributed by atoms with Crippen LogP contribution in [0.3, 0.4) is 0 Å². The van der Waals surface area contributed by atoms with Gasteiger partial charge in [-0.1, -0.05) is 47.8 Å². The van der Waals surface area contributed by atoms with Gasteiger partial charge in [-0.2, -0.15) is 4.98 Å². The maximum Gasteiger partial charge on any atom is 0.318 e. The van der Waals surface area contributed by atoms with Crippen LogP contribution in [-0.2, 0) is 6.54 Å². The van der Waals surface area contributed by atoms with Crippen molar-refractivity contribution in [1.82, 2.24) is 20.4 Å². The van der Waals surface area contributed by atoms with Crippen molar-refractivity contribution < 1.29 is 9.32 Å². The number of hydrogen-bond acceptors (Lipinski definition) is 4. The molecule has 4 rings (SSSR count). The van der Waals surface area contributed by atoms with Gasteiger partial charge >= 0.3 is 6.03 Å². The SMILES string of the molecule is Cc1ccc(CNC(=O)N2CCCCCC2c2nc(C3CC3)no2)cc1. The molecule has 1 aromatic heterocycles. The summed E-state index contributed by atoms with van der Waals surface area (Å²) < 4.78 is 5.53. The summed E-state index contributed by atoms with van der Waals surface area (Å²) in [7, 11) is 0. The lowest BCUT2D eigenvalue weighted by atomic mass is 10.1. The largest absolute Gasteiger partial charge is 0.337 e. The Labute approximate surface area is 154 Å². The smallest absolute Gasteiger partial charge is 0.318 e. The van der Waals surface area contributed by atoms with E-state index in [1.54, 1.807) is 0 Å². The predicted octanol–water partition coefficient (Wildman–Crippen LogP) is 4.08. The van der Waals surface area contributed by atoms with Crippen molar-refractivity contribution in [3.8, 4) is 0 Å². The van der Waals surface area contributed by atoms with Gasteiger partial charge in [-0.05, 0) is 38.2 Å². The number of nitrogens with one attached hydrogen (secondary N) is 1. The van der Waals surface area contributed by atoms with Gasteiger partial charge in [0, 0.05) is 19.0 Å². The Morgan fingerprint density at radius 1 is 1.19 bits per heavy atom. The Morgan fingerprint density at radius 3 is 2.77 bits per heavy atom. The van der Waals surface area contributed by atoms with E-state index in [4.69, 9.17) is 4.52 Å². The van der Waals surface area contributed by atoms with E-state index >= 15 is 0 Å². The van der Waals surface area contributed by atoms with Crippen molar-refractivity contribution in [3.63, 3.8) is 0 Å². The molecule has 1 aliphatic carbocycles. The van der Waals surface area contributed by atoms with Crippen LogP contribution < -0.4 is 5.32 Å². The Bertz CT molecular complexity index is 751. The minimum absolute atomic E-state index is 0.0522. The minimum Gasteiger partial charge on any atom is -0.337 e. The molecule has 0 bridgehead atoms. The lowest BCUT2D eigenvalue weighted by Crippen LogP contribution is -2.42. The van der Waals surface area contributed by atoms with E-state index in [1.165, 1.54) is 5.56 Å². The molecule has 1 saturated carbocycles. The molecule has 1 N–H and O–H groups in total. The van der Waals surface area contributed by atoms with Gasteiger partial charge in [-0.15, -0.1) is 0 Å². The number of aromatic nitrogens is 2. The van der Waals surface area contributed by atoms with E-state index in [0.29, 0.717) is 18.4 Å². The van der Waals surface area contributed by atoms with Crippen molar-refractivity contribution in [2.24, 2.45) is 0 Å². The summed E-state index contributed by atoms with van der Waals surface area (Å²) >= 11 is 0. The monoisotopic (exact) mass is 354 g/mol. The molecule has 1 aromatic carbocycles. The number of urea groups is 1. The number of hydrogen-bond donors (Lipinski definition) is 1. The standard InChI is InChI=1S/C20H26N4O2/c1-14-6-8-15(9-7-14)13-21-20(25)24-12-4-2-3-5-17(24)19-22-18(23-26-19)16-10-11-16/h6-9,16-17H,2-5,10-13H2,1H3,(H,21,25). The Morgan fingerprint density at radius 2 is 2.00 bits per heavy atom. The molecule has 0 radical (unpaired) electrons. The quantitative estimate of drug-likeness (QED) is 0.898. The Kier molecular flexibility index (Phi) is 4.91. The summed E-state index contributed by atoms with van der Waals surface area (Å²) in [5.41, 5.74) is 2.32. The summed E-state index contributed by atoms with van der Waals surface area (Å²) in [4.78, 5) is 19.3. The second-order valence-corrected chi connectivity index (χ2v) is 7.47. The molecule has 0 spiro atoms. The average molecular weight is 354 g/mol. The fourth-order valence-corrected chi connectivity index (χ4v) is 3.48. The van der Waals surface area contributed by atoms with E-state index in [9.17, 15) is 4.79 Å². The summed E-state index contributed by atoms with van der Waals surface area (Å²) in [6.07, 6.45) is 6.38. The van der Waals surface area contributed by atoms with Gasteiger partial charge < -0.3 is 14.7 Å². The lowest BCUT2D eigenvalue weighted by molar-refractivity contribution is 0.158. The molecule has 2 heterocycles. The topological polar surface area (TPSA) is 71.3 Å². The predicted molar refractivity (Wildman–Crippen MR) is 97.6 cm³/mol. The van der Waals surface area contributed by atoms with Gasteiger partial charge in [0.05, 0.1) is 0 Å². The second-order valence-electron chi connectivity index (χ2n) is 7.47. The van der Waals surface area contributed by atoms with Crippen LogP contribution in [0, 0.1) is 6.92 Å². The molecule has 26 heavy (non-hydrogen) atoms. The number of benzene rings is 1. The first kappa shape index (κ1) is 17.1. The van der Waals surface area contributed by atoms with Crippen molar-refractivity contribution >= 4 is 6.03 Å². The molecule has 6 nitrogen and oxygen atoms in total. The summed E-state index contributed by atoms with van der Waals surface area (Å²) in [5.74, 6) is 1.87. The fraction of sp³-hybridized carbons (Fsp3) is 0.550. The number of aryl methyl sites for hydroxylation is 1. The molecule has 1 unspecified atom stereocenters. The first-order chi connectivity index (χ1) is 12.7. The van der Waals surface area contributed by atoms with E-state index < -0.39 is 0 Å². The summed E-state index contributed by atoms with van der Waals surface area (Å²) in [6, 6.07) is 8.06. The Balaban J connectivity index is 1.45. The first-order valence-electron chi connectivity index (χ1n) is 9.64. The van der Waals surface area contributed by atoms with Crippen LogP contribution in [0.2, 0.25) is 0 Å². The highest BCUT2D eigenvalue weighted by molar-refractivity contribution is 5.74. The van der Waals surface area contributed by atoms with Crippen molar-refractivity contribution in [2.45, 2.75) is 64.0 Å². The van der Waals surface area contributed by atoms with E-state index in [0.717, 1.165) is 56.5 Å². The third kappa shape index (κ3) is 3.89. The van der Waals surface area contributed by atoms with Crippen molar-refractivity contribution in [3.05, 3.63) is 47.1 Å². The number of carbonyl (C=O) groups is 1. The minimum atomic E-state index is -0.115. The molecule has 2 amide bonds. The van der Waals surface area contributed by atoms with Crippen LogP contribution >= 0.6 is 0 Å². The van der Waals surface area contributed by atoms with Crippen LogP contribution in [0.15, 0.2) is 28.8 Å². The van der Waals surface area contributed by atoms with Gasteiger partial charge in [0.15, 0.2) is 5.82 Å². The second kappa shape index (κ2) is 7.48. The molecule has 1 saturated heterocycles. The molecule has 2 aromatic rings. The van der Waals surface area contributed by atoms with E-state index in [2.05, 4.69) is 46.6 Å². The summed E-state index contributed by atoms with van der Waals surface area (Å²) in [5, 5.41) is 7.19. The van der Waals surface area contributed by atoms with Crippen molar-refractivity contribution in [2.75, 3.05) is 6.54 Å². The molecular formula is C20H26N4O2.